The Balaban J connectivity index is 2.43. The summed E-state index contributed by atoms with van der Waals surface area (Å²) in [5.41, 5.74) is 6.08. The predicted octanol–water partition coefficient (Wildman–Crippen LogP) is 2.20. The van der Waals surface area contributed by atoms with E-state index >= 15 is 0 Å². The molecule has 0 saturated heterocycles. The van der Waals surface area contributed by atoms with Crippen LogP contribution in [0.2, 0.25) is 0 Å². The second-order valence-electron chi connectivity index (χ2n) is 4.09. The molecule has 0 unspecified atom stereocenters. The maximum atomic E-state index is 12.2. The highest BCUT2D eigenvalue weighted by molar-refractivity contribution is 9.10. The third kappa shape index (κ3) is 3.38. The third-order valence-corrected chi connectivity index (χ3v) is 3.17. The van der Waals surface area contributed by atoms with Gasteiger partial charge in [0, 0.05) is 16.9 Å². The van der Waals surface area contributed by atoms with Crippen LogP contribution in [0.4, 0.5) is 5.69 Å². The van der Waals surface area contributed by atoms with E-state index in [4.69, 9.17) is 10.5 Å². The normalized spacial score (nSPS) is 10.0. The number of carbonyl (C=O) groups excluding carboxylic acids is 2. The molecular weight excluding hydrogens is 338 g/mol. The maximum absolute atomic E-state index is 12.2. The van der Waals surface area contributed by atoms with E-state index < -0.39 is 11.8 Å². The van der Waals surface area contributed by atoms with Crippen molar-refractivity contribution in [3.8, 4) is 5.75 Å². The first-order valence-electron chi connectivity index (χ1n) is 5.91. The maximum Gasteiger partial charge on any atom is 0.257 e. The number of carbonyl (C=O) groups is 2. The number of halogens is 1. The Kier molecular flexibility index (Phi) is 4.54. The first kappa shape index (κ1) is 15.0. The molecule has 6 nitrogen and oxygen atoms in total. The van der Waals surface area contributed by atoms with Crippen molar-refractivity contribution in [3.63, 3.8) is 0 Å². The van der Waals surface area contributed by atoms with Crippen molar-refractivity contribution in [2.75, 3.05) is 12.4 Å². The molecule has 1 aromatic carbocycles. The Labute approximate surface area is 129 Å². The van der Waals surface area contributed by atoms with E-state index in [9.17, 15) is 9.59 Å². The van der Waals surface area contributed by atoms with Crippen molar-refractivity contribution in [3.05, 3.63) is 52.3 Å². The number of anilines is 1. The Hall–Kier alpha value is -2.41. The van der Waals surface area contributed by atoms with E-state index in [2.05, 4.69) is 26.2 Å². The topological polar surface area (TPSA) is 94.3 Å². The van der Waals surface area contributed by atoms with Crippen LogP contribution in [0.15, 0.2) is 41.1 Å². The van der Waals surface area contributed by atoms with Gasteiger partial charge in [-0.05, 0) is 24.3 Å². The zero-order chi connectivity index (χ0) is 15.4. The van der Waals surface area contributed by atoms with Crippen LogP contribution < -0.4 is 15.8 Å². The summed E-state index contributed by atoms with van der Waals surface area (Å²) >= 11 is 3.26. The van der Waals surface area contributed by atoms with Crippen LogP contribution >= 0.6 is 15.9 Å². The molecule has 2 aromatic rings. The number of amides is 2. The highest BCUT2D eigenvalue weighted by Crippen LogP contribution is 2.32. The van der Waals surface area contributed by atoms with Gasteiger partial charge >= 0.3 is 0 Å². The largest absolute Gasteiger partial charge is 0.495 e. The van der Waals surface area contributed by atoms with Gasteiger partial charge in [-0.25, -0.2) is 0 Å². The van der Waals surface area contributed by atoms with E-state index in [1.165, 1.54) is 19.4 Å². The SMILES string of the molecule is COc1cc(Br)cc(C(N)=O)c1NC(=O)c1cccnc1. The van der Waals surface area contributed by atoms with E-state index in [1.54, 1.807) is 24.4 Å². The van der Waals surface area contributed by atoms with Crippen molar-refractivity contribution in [2.45, 2.75) is 0 Å². The fourth-order valence-corrected chi connectivity index (χ4v) is 2.19. The summed E-state index contributed by atoms with van der Waals surface area (Å²) in [6, 6.07) is 6.40. The van der Waals surface area contributed by atoms with Gasteiger partial charge in [0.2, 0.25) is 0 Å². The Bertz CT molecular complexity index is 689. The zero-order valence-corrected chi connectivity index (χ0v) is 12.7. The van der Waals surface area contributed by atoms with Crippen molar-refractivity contribution >= 4 is 33.4 Å². The van der Waals surface area contributed by atoms with E-state index in [0.29, 0.717) is 15.8 Å². The van der Waals surface area contributed by atoms with Gasteiger partial charge in [-0.2, -0.15) is 0 Å². The second kappa shape index (κ2) is 6.36. The number of nitrogens with zero attached hydrogens (tertiary/aromatic N) is 1. The molecule has 7 heteroatoms. The Morgan fingerprint density at radius 3 is 2.71 bits per heavy atom. The number of hydrogen-bond donors (Lipinski definition) is 2. The molecule has 2 rings (SSSR count). The van der Waals surface area contributed by atoms with Crippen LogP contribution in [0.3, 0.4) is 0 Å². The van der Waals surface area contributed by atoms with E-state index in [0.717, 1.165) is 0 Å². The summed E-state index contributed by atoms with van der Waals surface area (Å²) in [4.78, 5) is 27.6. The predicted molar refractivity (Wildman–Crippen MR) is 81.4 cm³/mol. The zero-order valence-electron chi connectivity index (χ0n) is 11.1. The van der Waals surface area contributed by atoms with E-state index in [-0.39, 0.29) is 11.3 Å². The molecule has 0 fully saturated rings. The summed E-state index contributed by atoms with van der Waals surface area (Å²) in [7, 11) is 1.44. The summed E-state index contributed by atoms with van der Waals surface area (Å²) in [6.07, 6.45) is 2.98. The molecule has 0 saturated carbocycles. The number of methoxy groups -OCH3 is 1. The van der Waals surface area contributed by atoms with Crippen LogP contribution in [-0.2, 0) is 0 Å². The molecule has 2 amide bonds. The van der Waals surface area contributed by atoms with Crippen LogP contribution in [0, 0.1) is 0 Å². The van der Waals surface area contributed by atoms with Crippen LogP contribution in [-0.4, -0.2) is 23.9 Å². The van der Waals surface area contributed by atoms with Gasteiger partial charge in [0.05, 0.1) is 23.9 Å². The summed E-state index contributed by atoms with van der Waals surface area (Å²) in [5.74, 6) is -0.752. The molecule has 0 spiro atoms. The highest BCUT2D eigenvalue weighted by atomic mass is 79.9. The molecule has 0 aliphatic carbocycles. The highest BCUT2D eigenvalue weighted by Gasteiger charge is 2.18. The van der Waals surface area contributed by atoms with Crippen LogP contribution in [0.1, 0.15) is 20.7 Å². The van der Waals surface area contributed by atoms with E-state index in [1.807, 2.05) is 0 Å². The lowest BCUT2D eigenvalue weighted by molar-refractivity contribution is 0.100. The molecule has 0 atom stereocenters. The average molecular weight is 350 g/mol. The fourth-order valence-electron chi connectivity index (χ4n) is 1.75. The van der Waals surface area contributed by atoms with Gasteiger partial charge in [0.1, 0.15) is 5.75 Å². The van der Waals surface area contributed by atoms with Crippen molar-refractivity contribution < 1.29 is 14.3 Å². The molecule has 3 N–H and O–H groups in total. The Morgan fingerprint density at radius 1 is 1.38 bits per heavy atom. The van der Waals surface area contributed by atoms with Crippen LogP contribution in [0.25, 0.3) is 0 Å². The molecule has 0 aliphatic rings. The number of hydrogen-bond acceptors (Lipinski definition) is 4. The third-order valence-electron chi connectivity index (χ3n) is 2.71. The van der Waals surface area contributed by atoms with Crippen molar-refractivity contribution in [2.24, 2.45) is 5.73 Å². The minimum absolute atomic E-state index is 0.151. The lowest BCUT2D eigenvalue weighted by Gasteiger charge is -2.14. The Morgan fingerprint density at radius 2 is 2.14 bits per heavy atom. The second-order valence-corrected chi connectivity index (χ2v) is 5.01. The summed E-state index contributed by atoms with van der Waals surface area (Å²) in [6.45, 7) is 0. The van der Waals surface area contributed by atoms with Gasteiger partial charge in [-0.1, -0.05) is 15.9 Å². The lowest BCUT2D eigenvalue weighted by atomic mass is 10.1. The molecule has 0 radical (unpaired) electrons. The van der Waals surface area contributed by atoms with Crippen molar-refractivity contribution in [1.29, 1.82) is 0 Å². The van der Waals surface area contributed by atoms with Crippen LogP contribution in [0.5, 0.6) is 5.75 Å². The number of aromatic nitrogens is 1. The first-order chi connectivity index (χ1) is 10.0. The van der Waals surface area contributed by atoms with Gasteiger partial charge in [-0.15, -0.1) is 0 Å². The number of ether oxygens (including phenoxy) is 1. The van der Waals surface area contributed by atoms with Gasteiger partial charge in [0.25, 0.3) is 11.8 Å². The smallest absolute Gasteiger partial charge is 0.257 e. The molecule has 0 bridgehead atoms. The van der Waals surface area contributed by atoms with Gasteiger partial charge in [-0.3, -0.25) is 14.6 Å². The quantitative estimate of drug-likeness (QED) is 0.884. The van der Waals surface area contributed by atoms with Gasteiger partial charge < -0.3 is 15.8 Å². The number of benzene rings is 1. The minimum Gasteiger partial charge on any atom is -0.495 e. The molecule has 1 aromatic heterocycles. The molecule has 1 heterocycles. The standard InChI is InChI=1S/C14H12BrN3O3/c1-21-11-6-9(15)5-10(13(16)19)12(11)18-14(20)8-3-2-4-17-7-8/h2-7H,1H3,(H2,16,19)(H,18,20). The summed E-state index contributed by atoms with van der Waals surface area (Å²) in [5, 5.41) is 2.63. The number of nitrogens with one attached hydrogen (secondary N) is 1. The number of nitrogens with two attached hydrogens (primary N) is 1. The monoisotopic (exact) mass is 349 g/mol. The fraction of sp³-hybridized carbons (Fsp3) is 0.0714. The molecule has 0 aliphatic heterocycles. The summed E-state index contributed by atoms with van der Waals surface area (Å²) < 4.78 is 5.80. The minimum atomic E-state index is -0.670. The average Bonchev–Trinajstić information content (AvgIpc) is 2.49. The number of rotatable bonds is 4. The molecule has 108 valence electrons. The van der Waals surface area contributed by atoms with Crippen molar-refractivity contribution in [1.82, 2.24) is 4.98 Å². The van der Waals surface area contributed by atoms with Gasteiger partial charge in [0.15, 0.2) is 0 Å². The molecule has 21 heavy (non-hydrogen) atoms. The first-order valence-corrected chi connectivity index (χ1v) is 6.71. The number of primary amides is 1. The lowest BCUT2D eigenvalue weighted by Crippen LogP contribution is -2.19. The molecular formula is C14H12BrN3O3. The number of pyridine rings is 1.